The molecule has 1 aromatic carbocycles. The summed E-state index contributed by atoms with van der Waals surface area (Å²) in [5, 5.41) is 1.66. The molecule has 2 rings (SSSR count). The van der Waals surface area contributed by atoms with Crippen molar-refractivity contribution < 1.29 is 31.5 Å². The molecule has 0 aliphatic carbocycles. The van der Waals surface area contributed by atoms with E-state index in [0.29, 0.717) is 0 Å². The number of benzene rings is 1. The van der Waals surface area contributed by atoms with Gasteiger partial charge in [-0.3, -0.25) is 10.1 Å². The minimum absolute atomic E-state index is 0.110. The zero-order valence-corrected chi connectivity index (χ0v) is 11.5. The fourth-order valence-electron chi connectivity index (χ4n) is 1.90. The lowest BCUT2D eigenvalue weighted by Crippen LogP contribution is -2.35. The van der Waals surface area contributed by atoms with Gasteiger partial charge in [0.05, 0.1) is 11.5 Å². The molecule has 0 spiro atoms. The maximum absolute atomic E-state index is 13.3. The van der Waals surface area contributed by atoms with E-state index in [0.717, 1.165) is 18.2 Å². The lowest BCUT2D eigenvalue weighted by molar-refractivity contribution is 0.0856. The third-order valence-electron chi connectivity index (χ3n) is 2.87. The Kier molecular flexibility index (Phi) is 4.21. The Morgan fingerprint density at radius 1 is 1.24 bits per heavy atom. The molecule has 21 heavy (non-hydrogen) atoms. The summed E-state index contributed by atoms with van der Waals surface area (Å²) in [5.74, 6) is -3.98. The number of halogens is 2. The number of nitrogens with one attached hydrogen (secondary N) is 1. The van der Waals surface area contributed by atoms with Crippen LogP contribution in [0.4, 0.5) is 13.6 Å². The zero-order valence-electron chi connectivity index (χ0n) is 10.6. The number of carbonyl (C=O) groups is 2. The predicted octanol–water partition coefficient (Wildman–Crippen LogP) is 1.02. The smallest absolute Gasteiger partial charge is 0.414 e. The lowest BCUT2D eigenvalue weighted by atomic mass is 10.2. The maximum atomic E-state index is 13.3. The maximum Gasteiger partial charge on any atom is 0.414 e. The van der Waals surface area contributed by atoms with Gasteiger partial charge in [-0.1, -0.05) is 6.07 Å². The van der Waals surface area contributed by atoms with Crippen molar-refractivity contribution in [3.8, 4) is 0 Å². The van der Waals surface area contributed by atoms with Crippen LogP contribution in [0.15, 0.2) is 18.2 Å². The molecule has 1 aromatic rings. The Bertz CT molecular complexity index is 669. The van der Waals surface area contributed by atoms with Gasteiger partial charge in [0.2, 0.25) is 0 Å². The second kappa shape index (κ2) is 5.76. The summed E-state index contributed by atoms with van der Waals surface area (Å²) in [6.07, 6.45) is -1.99. The summed E-state index contributed by atoms with van der Waals surface area (Å²) >= 11 is 0. The molecule has 0 aromatic heterocycles. The van der Waals surface area contributed by atoms with Gasteiger partial charge in [-0.25, -0.2) is 22.0 Å². The van der Waals surface area contributed by atoms with Crippen molar-refractivity contribution in [3.63, 3.8) is 0 Å². The van der Waals surface area contributed by atoms with Crippen molar-refractivity contribution in [2.24, 2.45) is 0 Å². The molecule has 0 radical (unpaired) electrons. The van der Waals surface area contributed by atoms with E-state index in [1.807, 2.05) is 0 Å². The van der Waals surface area contributed by atoms with E-state index in [1.54, 1.807) is 5.32 Å². The highest BCUT2D eigenvalue weighted by Crippen LogP contribution is 2.15. The molecule has 1 aliphatic rings. The van der Waals surface area contributed by atoms with Crippen molar-refractivity contribution in [1.29, 1.82) is 0 Å². The highest BCUT2D eigenvalue weighted by molar-refractivity contribution is 7.91. The first-order valence-corrected chi connectivity index (χ1v) is 7.77. The van der Waals surface area contributed by atoms with E-state index in [1.165, 1.54) is 0 Å². The Hall–Kier alpha value is -2.03. The predicted molar refractivity (Wildman–Crippen MR) is 67.4 cm³/mol. The van der Waals surface area contributed by atoms with Crippen LogP contribution in [-0.4, -0.2) is 38.0 Å². The van der Waals surface area contributed by atoms with Crippen LogP contribution in [-0.2, 0) is 14.6 Å². The number of hydrogen-bond acceptors (Lipinski definition) is 5. The summed E-state index contributed by atoms with van der Waals surface area (Å²) in [4.78, 5) is 23.0. The Balaban J connectivity index is 1.99. The van der Waals surface area contributed by atoms with Crippen LogP contribution in [0.25, 0.3) is 0 Å². The summed E-state index contributed by atoms with van der Waals surface area (Å²) in [5.41, 5.74) is -0.909. The SMILES string of the molecule is O=C(NC(=O)c1c(F)cccc1F)O[C@@H]1CCS(=O)(=O)C1. The van der Waals surface area contributed by atoms with Crippen LogP contribution in [0.1, 0.15) is 16.8 Å². The molecule has 0 saturated carbocycles. The summed E-state index contributed by atoms with van der Waals surface area (Å²) in [6.45, 7) is 0. The van der Waals surface area contributed by atoms with Crippen molar-refractivity contribution in [3.05, 3.63) is 35.4 Å². The molecule has 1 saturated heterocycles. The van der Waals surface area contributed by atoms with Gasteiger partial charge in [0.25, 0.3) is 5.91 Å². The van der Waals surface area contributed by atoms with Crippen LogP contribution in [0.2, 0.25) is 0 Å². The first-order valence-electron chi connectivity index (χ1n) is 5.95. The number of hydrogen-bond donors (Lipinski definition) is 1. The second-order valence-corrected chi connectivity index (χ2v) is 6.71. The minimum atomic E-state index is -3.25. The van der Waals surface area contributed by atoms with Crippen LogP contribution >= 0.6 is 0 Å². The van der Waals surface area contributed by atoms with E-state index >= 15 is 0 Å². The van der Waals surface area contributed by atoms with Crippen molar-refractivity contribution in [1.82, 2.24) is 5.32 Å². The molecular formula is C12H11F2NO5S. The average molecular weight is 319 g/mol. The normalized spacial score (nSPS) is 20.0. The number of rotatable bonds is 2. The number of carbonyl (C=O) groups excluding carboxylic acids is 2. The number of sulfone groups is 1. The Labute approximate surface area is 119 Å². The molecule has 1 N–H and O–H groups in total. The molecule has 6 nitrogen and oxygen atoms in total. The monoisotopic (exact) mass is 319 g/mol. The van der Waals surface area contributed by atoms with E-state index < -0.39 is 45.1 Å². The lowest BCUT2D eigenvalue weighted by Gasteiger charge is -2.11. The summed E-state index contributed by atoms with van der Waals surface area (Å²) < 4.78 is 53.7. The van der Waals surface area contributed by atoms with Gasteiger partial charge >= 0.3 is 6.09 Å². The first kappa shape index (κ1) is 15.4. The average Bonchev–Trinajstić information content (AvgIpc) is 2.67. The van der Waals surface area contributed by atoms with E-state index in [9.17, 15) is 26.8 Å². The van der Waals surface area contributed by atoms with E-state index in [4.69, 9.17) is 4.74 Å². The van der Waals surface area contributed by atoms with Crippen LogP contribution < -0.4 is 5.32 Å². The molecule has 1 atom stereocenters. The van der Waals surface area contributed by atoms with Crippen molar-refractivity contribution >= 4 is 21.8 Å². The molecular weight excluding hydrogens is 308 g/mol. The molecule has 1 heterocycles. The Morgan fingerprint density at radius 3 is 2.38 bits per heavy atom. The van der Waals surface area contributed by atoms with Gasteiger partial charge in [0.15, 0.2) is 9.84 Å². The third kappa shape index (κ3) is 3.75. The number of imide groups is 1. The molecule has 0 unspecified atom stereocenters. The Morgan fingerprint density at radius 2 is 1.86 bits per heavy atom. The largest absolute Gasteiger partial charge is 0.445 e. The van der Waals surface area contributed by atoms with E-state index in [2.05, 4.69) is 0 Å². The molecule has 1 fully saturated rings. The van der Waals surface area contributed by atoms with Gasteiger partial charge in [0.1, 0.15) is 23.3 Å². The highest BCUT2D eigenvalue weighted by Gasteiger charge is 2.31. The van der Waals surface area contributed by atoms with E-state index in [-0.39, 0.29) is 17.9 Å². The van der Waals surface area contributed by atoms with Gasteiger partial charge in [-0.05, 0) is 18.6 Å². The number of ether oxygens (including phenoxy) is 1. The third-order valence-corrected chi connectivity index (χ3v) is 4.61. The molecule has 2 amide bonds. The molecule has 1 aliphatic heterocycles. The summed E-state index contributed by atoms with van der Waals surface area (Å²) in [6, 6.07) is 2.81. The van der Waals surface area contributed by atoms with Crippen molar-refractivity contribution in [2.75, 3.05) is 11.5 Å². The van der Waals surface area contributed by atoms with Gasteiger partial charge < -0.3 is 4.74 Å². The first-order chi connectivity index (χ1) is 9.78. The minimum Gasteiger partial charge on any atom is -0.445 e. The van der Waals surface area contributed by atoms with Crippen LogP contribution in [0.5, 0.6) is 0 Å². The number of amides is 2. The molecule has 114 valence electrons. The van der Waals surface area contributed by atoms with Gasteiger partial charge in [-0.15, -0.1) is 0 Å². The van der Waals surface area contributed by atoms with Crippen molar-refractivity contribution in [2.45, 2.75) is 12.5 Å². The molecule has 9 heteroatoms. The second-order valence-electron chi connectivity index (χ2n) is 4.48. The van der Waals surface area contributed by atoms with Crippen LogP contribution in [0, 0.1) is 11.6 Å². The zero-order chi connectivity index (χ0) is 15.6. The molecule has 0 bridgehead atoms. The highest BCUT2D eigenvalue weighted by atomic mass is 32.2. The topological polar surface area (TPSA) is 89.5 Å². The standard InChI is InChI=1S/C12H11F2NO5S/c13-8-2-1-3-9(14)10(8)11(16)15-12(17)20-7-4-5-21(18,19)6-7/h1-3,7H,4-6H2,(H,15,16,17)/t7-/m1/s1. The van der Waals surface area contributed by atoms with Gasteiger partial charge in [0, 0.05) is 0 Å². The van der Waals surface area contributed by atoms with Gasteiger partial charge in [-0.2, -0.15) is 0 Å². The van der Waals surface area contributed by atoms with Crippen LogP contribution in [0.3, 0.4) is 0 Å². The fourth-order valence-corrected chi connectivity index (χ4v) is 3.49. The fraction of sp³-hybridized carbons (Fsp3) is 0.333. The quantitative estimate of drug-likeness (QED) is 0.879. The summed E-state index contributed by atoms with van der Waals surface area (Å²) in [7, 11) is -3.25. The number of alkyl carbamates (subject to hydrolysis) is 1.